The summed E-state index contributed by atoms with van der Waals surface area (Å²) >= 11 is 0. The van der Waals surface area contributed by atoms with E-state index >= 15 is 0 Å². The number of sulfonamides is 1. The Labute approximate surface area is 256 Å². The van der Waals surface area contributed by atoms with Crippen molar-refractivity contribution in [3.8, 4) is 0 Å². The number of benzene rings is 2. The maximum absolute atomic E-state index is 13.9. The smallest absolute Gasteiger partial charge is 0.253 e. The highest BCUT2D eigenvalue weighted by Crippen LogP contribution is 2.48. The first-order valence-electron chi connectivity index (χ1n) is 15.1. The Bertz CT molecular complexity index is 1990. The van der Waals surface area contributed by atoms with E-state index in [1.807, 2.05) is 56.4 Å². The molecule has 7 rings (SSSR count). The van der Waals surface area contributed by atoms with Gasteiger partial charge in [0.25, 0.3) is 5.91 Å². The number of para-hydroxylation sites is 1. The number of fused-ring (bicyclic) bond motifs is 4. The molecule has 10 heteroatoms. The number of pyridine rings is 3. The van der Waals surface area contributed by atoms with Gasteiger partial charge in [0.2, 0.25) is 10.0 Å². The van der Waals surface area contributed by atoms with E-state index in [4.69, 9.17) is 4.98 Å². The Kier molecular flexibility index (Phi) is 7.26. The van der Waals surface area contributed by atoms with Gasteiger partial charge < -0.3 is 10.6 Å². The first-order chi connectivity index (χ1) is 21.3. The van der Waals surface area contributed by atoms with Crippen LogP contribution in [0, 0.1) is 5.92 Å². The van der Waals surface area contributed by atoms with Crippen LogP contribution >= 0.6 is 0 Å². The minimum atomic E-state index is -3.86. The molecule has 0 aliphatic heterocycles. The van der Waals surface area contributed by atoms with Crippen molar-refractivity contribution in [3.05, 3.63) is 102 Å². The number of hydrogen-bond acceptors (Lipinski definition) is 7. The monoisotopic (exact) mass is 606 g/mol. The molecule has 224 valence electrons. The highest BCUT2D eigenvalue weighted by molar-refractivity contribution is 7.89. The summed E-state index contributed by atoms with van der Waals surface area (Å²) < 4.78 is 30.5. The van der Waals surface area contributed by atoms with Gasteiger partial charge in [-0.1, -0.05) is 32.0 Å². The van der Waals surface area contributed by atoms with Gasteiger partial charge in [-0.2, -0.15) is 0 Å². The molecule has 0 spiro atoms. The molecular formula is C34H34N6O3S. The third kappa shape index (κ3) is 5.39. The van der Waals surface area contributed by atoms with E-state index in [1.54, 1.807) is 30.6 Å². The molecule has 3 aromatic heterocycles. The SMILES string of the molecule is CC(C)CNS(=O)(=O)c1cc2c(c3cnc(C4CC4)cc13)[C@H](Nc1ccnc3ccccc13)C[C@H]2NC(=O)c1cccnc1. The Balaban J connectivity index is 1.39. The molecule has 2 aliphatic rings. The Morgan fingerprint density at radius 1 is 0.932 bits per heavy atom. The summed E-state index contributed by atoms with van der Waals surface area (Å²) in [6, 6.07) is 16.4. The van der Waals surface area contributed by atoms with Crippen LogP contribution in [0.15, 0.2) is 84.3 Å². The summed E-state index contributed by atoms with van der Waals surface area (Å²) in [5.41, 5.74) is 4.84. The number of hydrogen-bond donors (Lipinski definition) is 3. The molecule has 3 N–H and O–H groups in total. The number of carbonyl (C=O) groups is 1. The van der Waals surface area contributed by atoms with Gasteiger partial charge in [0, 0.05) is 64.8 Å². The maximum Gasteiger partial charge on any atom is 0.253 e. The van der Waals surface area contributed by atoms with Gasteiger partial charge in [-0.05, 0) is 72.7 Å². The number of anilines is 1. The molecule has 0 unspecified atom stereocenters. The molecule has 5 aromatic rings. The molecule has 3 heterocycles. The van der Waals surface area contributed by atoms with E-state index in [1.165, 1.54) is 6.20 Å². The molecule has 1 saturated carbocycles. The number of aromatic nitrogens is 3. The minimum Gasteiger partial charge on any atom is -0.378 e. The summed E-state index contributed by atoms with van der Waals surface area (Å²) in [7, 11) is -3.86. The standard InChI is InChI=1S/C34H34N6O3S/c1-20(2)17-38-44(42,43)32-15-25-30(40-34(41)22-6-5-12-35-18-22)16-31(39-28-11-13-36-27-8-4-3-7-23(27)28)33(25)26-19-37-29(14-24(26)32)21-9-10-21/h3-8,11-15,18-21,30-31,38H,9-10,16-17H2,1-2H3,(H,36,39)(H,40,41)/t30-,31-/m1/s1. The number of carbonyl (C=O) groups excluding carboxylic acids is 1. The summed E-state index contributed by atoms with van der Waals surface area (Å²) in [5.74, 6) is 0.230. The average molecular weight is 607 g/mol. The van der Waals surface area contributed by atoms with E-state index in [2.05, 4.69) is 25.3 Å². The van der Waals surface area contributed by atoms with Crippen molar-refractivity contribution in [2.45, 2.75) is 56.0 Å². The molecule has 44 heavy (non-hydrogen) atoms. The van der Waals surface area contributed by atoms with E-state index in [0.717, 1.165) is 51.6 Å². The highest BCUT2D eigenvalue weighted by atomic mass is 32.2. The van der Waals surface area contributed by atoms with Crippen LogP contribution in [0.3, 0.4) is 0 Å². The lowest BCUT2D eigenvalue weighted by atomic mass is 9.98. The van der Waals surface area contributed by atoms with Gasteiger partial charge in [-0.3, -0.25) is 19.7 Å². The predicted molar refractivity (Wildman–Crippen MR) is 171 cm³/mol. The van der Waals surface area contributed by atoms with Gasteiger partial charge >= 0.3 is 0 Å². The topological polar surface area (TPSA) is 126 Å². The van der Waals surface area contributed by atoms with Crippen LogP contribution < -0.4 is 15.4 Å². The fraction of sp³-hybridized carbons (Fsp3) is 0.294. The Morgan fingerprint density at radius 3 is 2.55 bits per heavy atom. The van der Waals surface area contributed by atoms with Crippen molar-refractivity contribution < 1.29 is 13.2 Å². The molecule has 1 fully saturated rings. The highest BCUT2D eigenvalue weighted by Gasteiger charge is 2.37. The van der Waals surface area contributed by atoms with Crippen LogP contribution in [-0.2, 0) is 10.0 Å². The van der Waals surface area contributed by atoms with Crippen LogP contribution in [0.4, 0.5) is 5.69 Å². The van der Waals surface area contributed by atoms with Crippen molar-refractivity contribution in [3.63, 3.8) is 0 Å². The van der Waals surface area contributed by atoms with Gasteiger partial charge in [-0.25, -0.2) is 13.1 Å². The van der Waals surface area contributed by atoms with E-state index in [0.29, 0.717) is 29.8 Å². The fourth-order valence-corrected chi connectivity index (χ4v) is 7.54. The second kappa shape index (κ2) is 11.3. The molecular weight excluding hydrogens is 572 g/mol. The molecule has 2 atom stereocenters. The number of nitrogens with zero attached hydrogens (tertiary/aromatic N) is 3. The normalized spacial score (nSPS) is 18.1. The lowest BCUT2D eigenvalue weighted by Crippen LogP contribution is -2.29. The van der Waals surface area contributed by atoms with Crippen LogP contribution in [0.2, 0.25) is 0 Å². The molecule has 0 saturated heterocycles. The van der Waals surface area contributed by atoms with Crippen molar-refractivity contribution in [2.24, 2.45) is 5.92 Å². The zero-order valence-corrected chi connectivity index (χ0v) is 25.4. The van der Waals surface area contributed by atoms with Gasteiger partial charge in [0.15, 0.2) is 0 Å². The molecule has 0 radical (unpaired) electrons. The summed E-state index contributed by atoms with van der Waals surface area (Å²) in [6.07, 6.45) is 9.38. The number of rotatable bonds is 9. The van der Waals surface area contributed by atoms with E-state index < -0.39 is 16.1 Å². The predicted octanol–water partition coefficient (Wildman–Crippen LogP) is 6.02. The molecule has 0 bridgehead atoms. The Morgan fingerprint density at radius 2 is 1.77 bits per heavy atom. The number of amides is 1. The quantitative estimate of drug-likeness (QED) is 0.187. The van der Waals surface area contributed by atoms with Gasteiger partial charge in [0.05, 0.1) is 28.1 Å². The second-order valence-corrected chi connectivity index (χ2v) is 13.9. The van der Waals surface area contributed by atoms with Crippen LogP contribution in [0.25, 0.3) is 21.7 Å². The third-order valence-electron chi connectivity index (χ3n) is 8.45. The van der Waals surface area contributed by atoms with Gasteiger partial charge in [0.1, 0.15) is 0 Å². The minimum absolute atomic E-state index is 0.143. The molecule has 2 aromatic carbocycles. The molecule has 1 amide bonds. The summed E-state index contributed by atoms with van der Waals surface area (Å²) in [5, 5.41) is 9.30. The fourth-order valence-electron chi connectivity index (χ4n) is 6.09. The van der Waals surface area contributed by atoms with Crippen LogP contribution in [0.5, 0.6) is 0 Å². The first kappa shape index (κ1) is 28.4. The largest absolute Gasteiger partial charge is 0.378 e. The zero-order valence-electron chi connectivity index (χ0n) is 24.6. The van der Waals surface area contributed by atoms with Crippen molar-refractivity contribution in [1.29, 1.82) is 0 Å². The van der Waals surface area contributed by atoms with Crippen molar-refractivity contribution in [2.75, 3.05) is 11.9 Å². The van der Waals surface area contributed by atoms with E-state index in [-0.39, 0.29) is 22.8 Å². The van der Waals surface area contributed by atoms with Gasteiger partial charge in [-0.15, -0.1) is 0 Å². The van der Waals surface area contributed by atoms with Crippen LogP contribution in [0.1, 0.15) is 78.3 Å². The molecule has 2 aliphatic carbocycles. The Hall–Kier alpha value is -4.41. The van der Waals surface area contributed by atoms with E-state index in [9.17, 15) is 13.2 Å². The van der Waals surface area contributed by atoms with Crippen molar-refractivity contribution >= 4 is 43.3 Å². The summed E-state index contributed by atoms with van der Waals surface area (Å²) in [6.45, 7) is 4.27. The van der Waals surface area contributed by atoms with Crippen molar-refractivity contribution in [1.82, 2.24) is 25.0 Å². The first-order valence-corrected chi connectivity index (χ1v) is 16.5. The lowest BCUT2D eigenvalue weighted by Gasteiger charge is -2.20. The van der Waals surface area contributed by atoms with Crippen LogP contribution in [-0.4, -0.2) is 35.8 Å². The zero-order chi connectivity index (χ0) is 30.4. The lowest BCUT2D eigenvalue weighted by molar-refractivity contribution is 0.0935. The summed E-state index contributed by atoms with van der Waals surface area (Å²) in [4.78, 5) is 27.0. The average Bonchev–Trinajstić information content (AvgIpc) is 3.83. The molecule has 9 nitrogen and oxygen atoms in total. The third-order valence-corrected chi connectivity index (χ3v) is 9.91. The maximum atomic E-state index is 13.9. The second-order valence-electron chi connectivity index (χ2n) is 12.1. The number of nitrogens with one attached hydrogen (secondary N) is 3.